The van der Waals surface area contributed by atoms with Gasteiger partial charge >= 0.3 is 0 Å². The van der Waals surface area contributed by atoms with Crippen LogP contribution in [0.2, 0.25) is 0 Å². The van der Waals surface area contributed by atoms with E-state index >= 15 is 0 Å². The number of ether oxygens (including phenoxy) is 1. The van der Waals surface area contributed by atoms with Crippen molar-refractivity contribution in [1.29, 1.82) is 5.26 Å². The number of hydrogen-bond donors (Lipinski definition) is 1. The fraction of sp³-hybridized carbons (Fsp3) is 0.278. The maximum Gasteiger partial charge on any atom is 0.143 e. The Bertz CT molecular complexity index is 667. The molecule has 0 atom stereocenters. The lowest BCUT2D eigenvalue weighted by Crippen LogP contribution is -2.01. The number of benzene rings is 2. The molecular weight excluding hydrogens is 260 g/mol. The quantitative estimate of drug-likeness (QED) is 0.897. The Morgan fingerprint density at radius 2 is 1.95 bits per heavy atom. The summed E-state index contributed by atoms with van der Waals surface area (Å²) in [6.07, 6.45) is 2.67. The van der Waals surface area contributed by atoms with Crippen LogP contribution in [0.5, 0.6) is 5.75 Å². The third-order valence-corrected chi connectivity index (χ3v) is 3.84. The highest BCUT2D eigenvalue weighted by molar-refractivity contribution is 5.59. The Balaban J connectivity index is 1.67. The van der Waals surface area contributed by atoms with Gasteiger partial charge in [0.2, 0.25) is 0 Å². The predicted molar refractivity (Wildman–Crippen MR) is 83.5 cm³/mol. The first kappa shape index (κ1) is 13.5. The minimum absolute atomic E-state index is 0.603. The molecule has 0 amide bonds. The first-order chi connectivity index (χ1) is 10.3. The van der Waals surface area contributed by atoms with E-state index in [1.165, 1.54) is 24.0 Å². The summed E-state index contributed by atoms with van der Waals surface area (Å²) < 4.78 is 5.32. The largest absolute Gasteiger partial charge is 0.495 e. The van der Waals surface area contributed by atoms with Crippen LogP contribution in [0.4, 0.5) is 5.69 Å². The summed E-state index contributed by atoms with van der Waals surface area (Å²) in [7, 11) is 1.62. The summed E-state index contributed by atoms with van der Waals surface area (Å²) in [6.45, 7) is 0.743. The zero-order valence-corrected chi connectivity index (χ0v) is 12.1. The van der Waals surface area contributed by atoms with Crippen molar-refractivity contribution in [2.24, 2.45) is 0 Å². The molecule has 0 spiro atoms. The average Bonchev–Trinajstić information content (AvgIpc) is 3.38. The maximum atomic E-state index is 8.91. The summed E-state index contributed by atoms with van der Waals surface area (Å²) >= 11 is 0. The van der Waals surface area contributed by atoms with Crippen LogP contribution in [-0.4, -0.2) is 7.11 Å². The second-order valence-corrected chi connectivity index (χ2v) is 5.40. The summed E-state index contributed by atoms with van der Waals surface area (Å²) in [5.74, 6) is 1.49. The van der Waals surface area contributed by atoms with Gasteiger partial charge in [0.15, 0.2) is 0 Å². The molecule has 1 N–H and O–H groups in total. The molecule has 3 rings (SSSR count). The lowest BCUT2D eigenvalue weighted by atomic mass is 10.1. The molecule has 0 heterocycles. The summed E-state index contributed by atoms with van der Waals surface area (Å²) in [4.78, 5) is 0. The second-order valence-electron chi connectivity index (χ2n) is 5.40. The molecule has 0 bridgehead atoms. The lowest BCUT2D eigenvalue weighted by molar-refractivity contribution is 0.416. The van der Waals surface area contributed by atoms with Gasteiger partial charge in [0.05, 0.1) is 24.4 Å². The highest BCUT2D eigenvalue weighted by Gasteiger charge is 2.22. The number of rotatable bonds is 5. The van der Waals surface area contributed by atoms with Crippen LogP contribution in [0.25, 0.3) is 0 Å². The first-order valence-electron chi connectivity index (χ1n) is 7.21. The Morgan fingerprint density at radius 3 is 2.57 bits per heavy atom. The Hall–Kier alpha value is -2.47. The van der Waals surface area contributed by atoms with E-state index in [1.807, 2.05) is 6.07 Å². The van der Waals surface area contributed by atoms with E-state index in [2.05, 4.69) is 35.7 Å². The van der Waals surface area contributed by atoms with E-state index in [-0.39, 0.29) is 0 Å². The Labute approximate surface area is 125 Å². The van der Waals surface area contributed by atoms with Gasteiger partial charge in [0, 0.05) is 12.6 Å². The zero-order chi connectivity index (χ0) is 14.7. The number of nitrogens with one attached hydrogen (secondary N) is 1. The summed E-state index contributed by atoms with van der Waals surface area (Å²) in [5, 5.41) is 12.3. The van der Waals surface area contributed by atoms with Crippen molar-refractivity contribution in [2.45, 2.75) is 25.3 Å². The lowest BCUT2D eigenvalue weighted by Gasteiger charge is -2.11. The zero-order valence-electron chi connectivity index (χ0n) is 12.1. The van der Waals surface area contributed by atoms with E-state index in [9.17, 15) is 0 Å². The van der Waals surface area contributed by atoms with Gasteiger partial charge < -0.3 is 10.1 Å². The fourth-order valence-electron chi connectivity index (χ4n) is 2.43. The van der Waals surface area contributed by atoms with Gasteiger partial charge in [-0.25, -0.2) is 0 Å². The van der Waals surface area contributed by atoms with Gasteiger partial charge in [0.25, 0.3) is 0 Å². The van der Waals surface area contributed by atoms with Crippen LogP contribution >= 0.6 is 0 Å². The number of methoxy groups -OCH3 is 1. The van der Waals surface area contributed by atoms with Gasteiger partial charge in [-0.3, -0.25) is 0 Å². The van der Waals surface area contributed by atoms with Crippen molar-refractivity contribution in [3.63, 3.8) is 0 Å². The molecular formula is C18H18N2O. The molecule has 0 saturated heterocycles. The number of anilines is 1. The van der Waals surface area contributed by atoms with Crippen molar-refractivity contribution in [2.75, 3.05) is 12.4 Å². The normalized spacial score (nSPS) is 13.5. The highest BCUT2D eigenvalue weighted by Crippen LogP contribution is 2.39. The van der Waals surface area contributed by atoms with Gasteiger partial charge in [-0.1, -0.05) is 24.3 Å². The monoisotopic (exact) mass is 278 g/mol. The molecule has 0 aliphatic heterocycles. The molecule has 2 aromatic carbocycles. The highest BCUT2D eigenvalue weighted by atomic mass is 16.5. The Morgan fingerprint density at radius 1 is 1.19 bits per heavy atom. The number of hydrogen-bond acceptors (Lipinski definition) is 3. The molecule has 21 heavy (non-hydrogen) atoms. The molecule has 106 valence electrons. The van der Waals surface area contributed by atoms with Crippen LogP contribution in [0.1, 0.15) is 35.4 Å². The maximum absolute atomic E-state index is 8.91. The minimum Gasteiger partial charge on any atom is -0.495 e. The van der Waals surface area contributed by atoms with Gasteiger partial charge in [-0.2, -0.15) is 5.26 Å². The molecule has 2 aromatic rings. The number of nitriles is 1. The smallest absolute Gasteiger partial charge is 0.143 e. The molecule has 1 saturated carbocycles. The Kier molecular flexibility index (Phi) is 3.79. The van der Waals surface area contributed by atoms with Crippen LogP contribution < -0.4 is 10.1 Å². The van der Waals surface area contributed by atoms with E-state index in [4.69, 9.17) is 10.00 Å². The fourth-order valence-corrected chi connectivity index (χ4v) is 2.43. The van der Waals surface area contributed by atoms with Crippen molar-refractivity contribution in [3.05, 3.63) is 59.2 Å². The van der Waals surface area contributed by atoms with Gasteiger partial charge in [-0.15, -0.1) is 0 Å². The summed E-state index contributed by atoms with van der Waals surface area (Å²) in [5.41, 5.74) is 4.20. The van der Waals surface area contributed by atoms with Crippen LogP contribution in [-0.2, 0) is 6.54 Å². The van der Waals surface area contributed by atoms with Crippen LogP contribution in [0.3, 0.4) is 0 Å². The second kappa shape index (κ2) is 5.88. The average molecular weight is 278 g/mol. The molecule has 3 nitrogen and oxygen atoms in total. The summed E-state index contributed by atoms with van der Waals surface area (Å²) in [6, 6.07) is 16.4. The van der Waals surface area contributed by atoms with Crippen LogP contribution in [0, 0.1) is 11.3 Å². The third-order valence-electron chi connectivity index (χ3n) is 3.84. The SMILES string of the molecule is COc1cc(C#N)ccc1NCc1ccc(C2CC2)cc1. The van der Waals surface area contributed by atoms with Crippen molar-refractivity contribution < 1.29 is 4.74 Å². The minimum atomic E-state index is 0.603. The first-order valence-corrected chi connectivity index (χ1v) is 7.21. The van der Waals surface area contributed by atoms with E-state index in [0.717, 1.165) is 18.2 Å². The topological polar surface area (TPSA) is 45.0 Å². The van der Waals surface area contributed by atoms with Crippen molar-refractivity contribution >= 4 is 5.69 Å². The van der Waals surface area contributed by atoms with E-state index in [1.54, 1.807) is 19.2 Å². The predicted octanol–water partition coefficient (Wildman–Crippen LogP) is 4.06. The van der Waals surface area contributed by atoms with Gasteiger partial charge in [0.1, 0.15) is 5.75 Å². The van der Waals surface area contributed by atoms with Crippen molar-refractivity contribution in [1.82, 2.24) is 0 Å². The molecule has 1 aliphatic rings. The van der Waals surface area contributed by atoms with Gasteiger partial charge in [-0.05, 0) is 42.0 Å². The molecule has 0 unspecified atom stereocenters. The van der Waals surface area contributed by atoms with E-state index < -0.39 is 0 Å². The number of nitrogens with zero attached hydrogens (tertiary/aromatic N) is 1. The molecule has 1 aliphatic carbocycles. The molecule has 3 heteroatoms. The molecule has 1 fully saturated rings. The van der Waals surface area contributed by atoms with Crippen LogP contribution in [0.15, 0.2) is 42.5 Å². The third kappa shape index (κ3) is 3.17. The van der Waals surface area contributed by atoms with Crippen molar-refractivity contribution in [3.8, 4) is 11.8 Å². The standard InChI is InChI=1S/C18H18N2O/c1-21-18-10-14(11-19)4-9-17(18)20-12-13-2-5-15(6-3-13)16-7-8-16/h2-6,9-10,16,20H,7-8,12H2,1H3. The molecule has 0 radical (unpaired) electrons. The molecule has 0 aromatic heterocycles. The van der Waals surface area contributed by atoms with E-state index in [0.29, 0.717) is 11.3 Å².